The molecule has 0 atom stereocenters. The van der Waals surface area contributed by atoms with E-state index >= 15 is 0 Å². The summed E-state index contributed by atoms with van der Waals surface area (Å²) in [6, 6.07) is 6.65. The molecule has 0 bridgehead atoms. The Labute approximate surface area is 172 Å². The lowest BCUT2D eigenvalue weighted by Crippen LogP contribution is -2.38. The minimum absolute atomic E-state index is 0. The van der Waals surface area contributed by atoms with Crippen molar-refractivity contribution < 1.29 is 8.42 Å². The quantitative estimate of drug-likeness (QED) is 0.198. The number of unbranched alkanes of at least 4 members (excludes halogenated alkanes) is 1. The molecule has 25 heavy (non-hydrogen) atoms. The standard InChI is InChI=1S/C16H28N4O2S2.HI/c1-3-18-16(19-11-4-5-13-23-2)20-12-10-14-6-8-15(9-7-14)24(17,21)22;/h6-9H,3-5,10-13H2,1-2H3,(H2,17,21,22)(H2,18,19,20);1H. The summed E-state index contributed by atoms with van der Waals surface area (Å²) in [4.78, 5) is 4.69. The number of aliphatic imine (C=N–C) groups is 1. The van der Waals surface area contributed by atoms with Crippen LogP contribution in [-0.4, -0.2) is 46.0 Å². The summed E-state index contributed by atoms with van der Waals surface area (Å²) in [6.07, 6.45) is 5.17. The molecule has 0 fully saturated rings. The number of benzene rings is 1. The van der Waals surface area contributed by atoms with Gasteiger partial charge in [-0.2, -0.15) is 11.8 Å². The average molecular weight is 500 g/mol. The Morgan fingerprint density at radius 2 is 1.88 bits per heavy atom. The summed E-state index contributed by atoms with van der Waals surface area (Å²) in [5, 5.41) is 11.6. The lowest BCUT2D eigenvalue weighted by atomic mass is 10.1. The number of nitrogens with one attached hydrogen (secondary N) is 2. The van der Waals surface area contributed by atoms with Gasteiger partial charge < -0.3 is 10.6 Å². The first kappa shape index (κ1) is 24.5. The molecule has 1 rings (SSSR count). The second-order valence-electron chi connectivity index (χ2n) is 5.33. The van der Waals surface area contributed by atoms with Crippen LogP contribution in [0.25, 0.3) is 0 Å². The van der Waals surface area contributed by atoms with Crippen LogP contribution in [0.5, 0.6) is 0 Å². The molecule has 6 nitrogen and oxygen atoms in total. The van der Waals surface area contributed by atoms with Crippen LogP contribution < -0.4 is 15.8 Å². The van der Waals surface area contributed by atoms with Crippen molar-refractivity contribution in [2.24, 2.45) is 10.1 Å². The SMILES string of the molecule is CCNC(=NCCCCSC)NCCc1ccc(S(N)(=O)=O)cc1.I. The number of primary sulfonamides is 1. The van der Waals surface area contributed by atoms with Gasteiger partial charge in [-0.25, -0.2) is 13.6 Å². The number of nitrogens with two attached hydrogens (primary N) is 1. The molecule has 4 N–H and O–H groups in total. The Kier molecular flexibility index (Phi) is 13.4. The highest BCUT2D eigenvalue weighted by atomic mass is 127. The zero-order chi connectivity index (χ0) is 17.8. The average Bonchev–Trinajstić information content (AvgIpc) is 2.54. The normalized spacial score (nSPS) is 11.7. The van der Waals surface area contributed by atoms with Gasteiger partial charge >= 0.3 is 0 Å². The first-order valence-electron chi connectivity index (χ1n) is 8.10. The van der Waals surface area contributed by atoms with Gasteiger partial charge in [-0.15, -0.1) is 24.0 Å². The molecule has 144 valence electrons. The molecule has 0 unspecified atom stereocenters. The minimum atomic E-state index is -3.62. The van der Waals surface area contributed by atoms with Gasteiger partial charge in [0.2, 0.25) is 10.0 Å². The highest BCUT2D eigenvalue weighted by Gasteiger charge is 2.06. The second kappa shape index (κ2) is 13.7. The molecule has 0 aliphatic rings. The van der Waals surface area contributed by atoms with Gasteiger partial charge in [0.05, 0.1) is 4.90 Å². The topological polar surface area (TPSA) is 96.6 Å². The molecule has 1 aromatic carbocycles. The molecule has 0 amide bonds. The lowest BCUT2D eigenvalue weighted by molar-refractivity contribution is 0.598. The van der Waals surface area contributed by atoms with E-state index in [1.54, 1.807) is 12.1 Å². The molecular formula is C16H29IN4O2S2. The zero-order valence-corrected chi connectivity index (χ0v) is 18.8. The monoisotopic (exact) mass is 500 g/mol. The maximum Gasteiger partial charge on any atom is 0.238 e. The van der Waals surface area contributed by atoms with E-state index in [9.17, 15) is 8.42 Å². The van der Waals surface area contributed by atoms with Crippen molar-refractivity contribution in [1.29, 1.82) is 0 Å². The van der Waals surface area contributed by atoms with Crippen LogP contribution in [0.2, 0.25) is 0 Å². The van der Waals surface area contributed by atoms with E-state index in [0.717, 1.165) is 44.0 Å². The second-order valence-corrected chi connectivity index (χ2v) is 7.87. The van der Waals surface area contributed by atoms with Crippen molar-refractivity contribution in [3.05, 3.63) is 29.8 Å². The van der Waals surface area contributed by atoms with Gasteiger partial charge in [-0.3, -0.25) is 4.99 Å². The van der Waals surface area contributed by atoms with Gasteiger partial charge in [-0.1, -0.05) is 12.1 Å². The van der Waals surface area contributed by atoms with E-state index in [1.807, 2.05) is 18.7 Å². The summed E-state index contributed by atoms with van der Waals surface area (Å²) < 4.78 is 22.5. The molecule has 0 aliphatic heterocycles. The van der Waals surface area contributed by atoms with E-state index in [1.165, 1.54) is 24.3 Å². The largest absolute Gasteiger partial charge is 0.357 e. The molecular weight excluding hydrogens is 471 g/mol. The number of rotatable bonds is 10. The molecule has 0 saturated carbocycles. The molecule has 1 aromatic rings. The van der Waals surface area contributed by atoms with E-state index in [-0.39, 0.29) is 28.9 Å². The third-order valence-electron chi connectivity index (χ3n) is 3.33. The van der Waals surface area contributed by atoms with Crippen LogP contribution in [0, 0.1) is 0 Å². The van der Waals surface area contributed by atoms with E-state index < -0.39 is 10.0 Å². The smallest absolute Gasteiger partial charge is 0.238 e. The van der Waals surface area contributed by atoms with Gasteiger partial charge in [0.25, 0.3) is 0 Å². The van der Waals surface area contributed by atoms with Crippen LogP contribution in [0.3, 0.4) is 0 Å². The van der Waals surface area contributed by atoms with Crippen molar-refractivity contribution >= 4 is 51.7 Å². The highest BCUT2D eigenvalue weighted by Crippen LogP contribution is 2.08. The van der Waals surface area contributed by atoms with Crippen LogP contribution in [0.15, 0.2) is 34.2 Å². The van der Waals surface area contributed by atoms with Crippen molar-refractivity contribution in [2.75, 3.05) is 31.6 Å². The van der Waals surface area contributed by atoms with Crippen molar-refractivity contribution in [3.8, 4) is 0 Å². The molecule has 0 aliphatic carbocycles. The van der Waals surface area contributed by atoms with Crippen LogP contribution in [-0.2, 0) is 16.4 Å². The summed E-state index contributed by atoms with van der Waals surface area (Å²) in [7, 11) is -3.62. The van der Waals surface area contributed by atoms with Crippen molar-refractivity contribution in [1.82, 2.24) is 10.6 Å². The Morgan fingerprint density at radius 1 is 1.20 bits per heavy atom. The number of hydrogen-bond acceptors (Lipinski definition) is 4. The summed E-state index contributed by atoms with van der Waals surface area (Å²) in [5.41, 5.74) is 1.05. The molecule has 0 radical (unpaired) electrons. The van der Waals surface area contributed by atoms with Crippen LogP contribution in [0.1, 0.15) is 25.3 Å². The number of thioether (sulfide) groups is 1. The number of halogens is 1. The zero-order valence-electron chi connectivity index (χ0n) is 14.8. The lowest BCUT2D eigenvalue weighted by Gasteiger charge is -2.11. The van der Waals surface area contributed by atoms with Crippen molar-refractivity contribution in [3.63, 3.8) is 0 Å². The fraction of sp³-hybridized carbons (Fsp3) is 0.562. The highest BCUT2D eigenvalue weighted by molar-refractivity contribution is 14.0. The Hall–Kier alpha value is -0.520. The Balaban J connectivity index is 0.00000576. The van der Waals surface area contributed by atoms with E-state index in [4.69, 9.17) is 5.14 Å². The van der Waals surface area contributed by atoms with Crippen LogP contribution >= 0.6 is 35.7 Å². The summed E-state index contributed by atoms with van der Waals surface area (Å²) in [6.45, 7) is 4.40. The number of nitrogens with zero attached hydrogens (tertiary/aromatic N) is 1. The van der Waals surface area contributed by atoms with E-state index in [0.29, 0.717) is 0 Å². The predicted molar refractivity (Wildman–Crippen MR) is 119 cm³/mol. The first-order valence-corrected chi connectivity index (χ1v) is 11.0. The molecule has 0 saturated heterocycles. The molecule has 0 aromatic heterocycles. The number of hydrogen-bond donors (Lipinski definition) is 3. The number of guanidine groups is 1. The summed E-state index contributed by atoms with van der Waals surface area (Å²) >= 11 is 1.86. The van der Waals surface area contributed by atoms with Crippen LogP contribution in [0.4, 0.5) is 0 Å². The van der Waals surface area contributed by atoms with Gasteiger partial charge in [0.1, 0.15) is 0 Å². The van der Waals surface area contributed by atoms with Gasteiger partial charge in [0.15, 0.2) is 5.96 Å². The molecule has 0 heterocycles. The molecule has 9 heteroatoms. The fourth-order valence-corrected chi connectivity index (χ4v) is 3.07. The Morgan fingerprint density at radius 3 is 2.44 bits per heavy atom. The maximum atomic E-state index is 11.2. The first-order chi connectivity index (χ1) is 11.5. The number of sulfonamides is 1. The fourth-order valence-electron chi connectivity index (χ4n) is 2.06. The minimum Gasteiger partial charge on any atom is -0.357 e. The third kappa shape index (κ3) is 10.9. The van der Waals surface area contributed by atoms with Gasteiger partial charge in [-0.05, 0) is 55.9 Å². The van der Waals surface area contributed by atoms with Crippen molar-refractivity contribution in [2.45, 2.75) is 31.1 Å². The van der Waals surface area contributed by atoms with Gasteiger partial charge in [0, 0.05) is 19.6 Å². The Bertz CT molecular complexity index is 607. The maximum absolute atomic E-state index is 11.2. The molecule has 0 spiro atoms. The predicted octanol–water partition coefficient (Wildman–Crippen LogP) is 2.19. The summed E-state index contributed by atoms with van der Waals surface area (Å²) in [5.74, 6) is 2.00. The van der Waals surface area contributed by atoms with E-state index in [2.05, 4.69) is 21.9 Å². The third-order valence-corrected chi connectivity index (χ3v) is 4.95.